The molecule has 0 aliphatic carbocycles. The molecule has 0 aliphatic heterocycles. The van der Waals surface area contributed by atoms with Crippen LogP contribution in [0.25, 0.3) is 0 Å². The fourth-order valence-electron chi connectivity index (χ4n) is 2.27. The summed E-state index contributed by atoms with van der Waals surface area (Å²) in [6.45, 7) is 8.23. The van der Waals surface area contributed by atoms with Gasteiger partial charge in [-0.25, -0.2) is 9.67 Å². The molecular formula is C18H26N4O3. The van der Waals surface area contributed by atoms with Gasteiger partial charge in [-0.3, -0.25) is 0 Å². The van der Waals surface area contributed by atoms with Crippen molar-refractivity contribution in [1.82, 2.24) is 14.8 Å². The zero-order chi connectivity index (χ0) is 18.5. The molecule has 0 aliphatic rings. The molecule has 1 N–H and O–H groups in total. The van der Waals surface area contributed by atoms with Crippen molar-refractivity contribution >= 4 is 5.71 Å². The SMILES string of the molecule is CON=C(C)c1ccc(OCC(O)(Cn2cncn2)C(C)(C)C)cc1. The zero-order valence-electron chi connectivity index (χ0n) is 15.4. The Bertz CT molecular complexity index is 690. The molecule has 1 atom stereocenters. The van der Waals surface area contributed by atoms with Crippen molar-refractivity contribution < 1.29 is 14.7 Å². The van der Waals surface area contributed by atoms with Crippen molar-refractivity contribution in [3.8, 4) is 5.75 Å². The van der Waals surface area contributed by atoms with Crippen LogP contribution in [0, 0.1) is 5.41 Å². The third kappa shape index (κ3) is 4.79. The van der Waals surface area contributed by atoms with Crippen molar-refractivity contribution in [2.75, 3.05) is 13.7 Å². The highest BCUT2D eigenvalue weighted by Gasteiger charge is 2.41. The van der Waals surface area contributed by atoms with Crippen LogP contribution < -0.4 is 4.74 Å². The maximum Gasteiger partial charge on any atom is 0.137 e. The van der Waals surface area contributed by atoms with Crippen molar-refractivity contribution in [3.63, 3.8) is 0 Å². The minimum atomic E-state index is -1.10. The minimum absolute atomic E-state index is 0.140. The number of aliphatic hydroxyl groups is 1. The van der Waals surface area contributed by atoms with E-state index in [0.29, 0.717) is 12.3 Å². The molecule has 1 aromatic heterocycles. The minimum Gasteiger partial charge on any atom is -0.490 e. The molecule has 0 saturated carbocycles. The number of nitrogens with zero attached hydrogens (tertiary/aromatic N) is 4. The van der Waals surface area contributed by atoms with Gasteiger partial charge in [-0.2, -0.15) is 5.10 Å². The summed E-state index contributed by atoms with van der Waals surface area (Å²) in [6.07, 6.45) is 3.04. The second-order valence-corrected chi connectivity index (χ2v) is 7.05. The molecule has 2 aromatic rings. The quantitative estimate of drug-likeness (QED) is 0.615. The normalized spacial score (nSPS) is 14.9. The number of ether oxygens (including phenoxy) is 1. The lowest BCUT2D eigenvalue weighted by atomic mass is 9.77. The van der Waals surface area contributed by atoms with E-state index in [1.165, 1.54) is 13.4 Å². The standard InChI is InChI=1S/C18H26N4O3/c1-14(21-24-5)15-6-8-16(9-7-15)25-11-18(23,17(2,3)4)10-22-13-19-12-20-22/h6-9,12-13,23H,10-11H2,1-5H3. The van der Waals surface area contributed by atoms with Gasteiger partial charge in [0.05, 0.1) is 12.3 Å². The Hall–Kier alpha value is -2.41. The monoisotopic (exact) mass is 346 g/mol. The van der Waals surface area contributed by atoms with Gasteiger partial charge in [-0.15, -0.1) is 0 Å². The average molecular weight is 346 g/mol. The lowest BCUT2D eigenvalue weighted by Crippen LogP contribution is -2.51. The molecule has 1 aromatic carbocycles. The summed E-state index contributed by atoms with van der Waals surface area (Å²) in [5.74, 6) is 0.676. The summed E-state index contributed by atoms with van der Waals surface area (Å²) in [4.78, 5) is 8.70. The van der Waals surface area contributed by atoms with Crippen LogP contribution in [-0.2, 0) is 11.4 Å². The van der Waals surface area contributed by atoms with Gasteiger partial charge in [0.15, 0.2) is 0 Å². The molecule has 1 unspecified atom stereocenters. The molecular weight excluding hydrogens is 320 g/mol. The number of benzene rings is 1. The Morgan fingerprint density at radius 2 is 1.92 bits per heavy atom. The Labute approximate surface area is 148 Å². The summed E-state index contributed by atoms with van der Waals surface area (Å²) in [7, 11) is 1.52. The maximum atomic E-state index is 11.1. The summed E-state index contributed by atoms with van der Waals surface area (Å²) >= 11 is 0. The summed E-state index contributed by atoms with van der Waals surface area (Å²) in [5, 5.41) is 19.1. The van der Waals surface area contributed by atoms with E-state index >= 15 is 0 Å². The van der Waals surface area contributed by atoms with E-state index in [4.69, 9.17) is 9.57 Å². The molecule has 0 bridgehead atoms. The topological polar surface area (TPSA) is 81.8 Å². The maximum absolute atomic E-state index is 11.1. The highest BCUT2D eigenvalue weighted by molar-refractivity contribution is 5.98. The molecule has 0 radical (unpaired) electrons. The predicted octanol–water partition coefficient (Wildman–Crippen LogP) is 2.50. The van der Waals surface area contributed by atoms with E-state index in [9.17, 15) is 5.11 Å². The van der Waals surface area contributed by atoms with Crippen LogP contribution >= 0.6 is 0 Å². The van der Waals surface area contributed by atoms with Gasteiger partial charge >= 0.3 is 0 Å². The third-order valence-electron chi connectivity index (χ3n) is 4.26. The first-order valence-corrected chi connectivity index (χ1v) is 8.11. The van der Waals surface area contributed by atoms with Gasteiger partial charge in [0.1, 0.15) is 37.7 Å². The van der Waals surface area contributed by atoms with Crippen LogP contribution in [0.4, 0.5) is 0 Å². The lowest BCUT2D eigenvalue weighted by molar-refractivity contribution is -0.101. The van der Waals surface area contributed by atoms with Crippen LogP contribution in [0.15, 0.2) is 42.1 Å². The molecule has 2 rings (SSSR count). The molecule has 0 fully saturated rings. The van der Waals surface area contributed by atoms with Crippen LogP contribution in [0.5, 0.6) is 5.75 Å². The number of hydrogen-bond acceptors (Lipinski definition) is 6. The van der Waals surface area contributed by atoms with E-state index in [-0.39, 0.29) is 6.61 Å². The predicted molar refractivity (Wildman–Crippen MR) is 95.6 cm³/mol. The van der Waals surface area contributed by atoms with E-state index in [1.807, 2.05) is 52.0 Å². The van der Waals surface area contributed by atoms with E-state index < -0.39 is 11.0 Å². The van der Waals surface area contributed by atoms with Crippen LogP contribution in [0.1, 0.15) is 33.3 Å². The number of rotatable bonds is 7. The lowest BCUT2D eigenvalue weighted by Gasteiger charge is -2.39. The van der Waals surface area contributed by atoms with Gasteiger partial charge in [0, 0.05) is 0 Å². The van der Waals surface area contributed by atoms with Crippen molar-refractivity contribution in [2.45, 2.75) is 39.8 Å². The van der Waals surface area contributed by atoms with Gasteiger partial charge in [-0.05, 0) is 42.2 Å². The summed E-state index contributed by atoms with van der Waals surface area (Å²) in [5.41, 5.74) is 0.224. The van der Waals surface area contributed by atoms with Gasteiger partial charge in [0.2, 0.25) is 0 Å². The van der Waals surface area contributed by atoms with Crippen LogP contribution in [0.3, 0.4) is 0 Å². The first-order chi connectivity index (χ1) is 11.7. The highest BCUT2D eigenvalue weighted by Crippen LogP contribution is 2.32. The third-order valence-corrected chi connectivity index (χ3v) is 4.26. The molecule has 0 saturated heterocycles. The fourth-order valence-corrected chi connectivity index (χ4v) is 2.27. The zero-order valence-corrected chi connectivity index (χ0v) is 15.4. The first-order valence-electron chi connectivity index (χ1n) is 8.11. The Kier molecular flexibility index (Phi) is 5.79. The Morgan fingerprint density at radius 1 is 1.24 bits per heavy atom. The number of oxime groups is 1. The molecule has 25 heavy (non-hydrogen) atoms. The number of aromatic nitrogens is 3. The first kappa shape index (κ1) is 18.9. The second-order valence-electron chi connectivity index (χ2n) is 7.05. The van der Waals surface area contributed by atoms with E-state index in [0.717, 1.165) is 11.3 Å². The van der Waals surface area contributed by atoms with Gasteiger partial charge in [0.25, 0.3) is 0 Å². The molecule has 1 heterocycles. The van der Waals surface area contributed by atoms with Gasteiger partial charge in [-0.1, -0.05) is 25.9 Å². The van der Waals surface area contributed by atoms with E-state index in [2.05, 4.69) is 15.2 Å². The van der Waals surface area contributed by atoms with E-state index in [1.54, 1.807) is 11.0 Å². The highest BCUT2D eigenvalue weighted by atomic mass is 16.6. The molecule has 136 valence electrons. The van der Waals surface area contributed by atoms with Crippen molar-refractivity contribution in [3.05, 3.63) is 42.5 Å². The molecule has 0 spiro atoms. The smallest absolute Gasteiger partial charge is 0.137 e. The summed E-state index contributed by atoms with van der Waals surface area (Å²) < 4.78 is 7.47. The van der Waals surface area contributed by atoms with Crippen LogP contribution in [-0.4, -0.2) is 44.9 Å². The molecule has 7 nitrogen and oxygen atoms in total. The largest absolute Gasteiger partial charge is 0.490 e. The number of hydrogen-bond donors (Lipinski definition) is 1. The summed E-state index contributed by atoms with van der Waals surface area (Å²) in [6, 6.07) is 7.51. The molecule has 7 heteroatoms. The van der Waals surface area contributed by atoms with Gasteiger partial charge < -0.3 is 14.7 Å². The second kappa shape index (κ2) is 7.65. The van der Waals surface area contributed by atoms with Crippen molar-refractivity contribution in [2.24, 2.45) is 10.6 Å². The van der Waals surface area contributed by atoms with Crippen LogP contribution in [0.2, 0.25) is 0 Å². The Balaban J connectivity index is 2.09. The average Bonchev–Trinajstić information content (AvgIpc) is 3.05. The Morgan fingerprint density at radius 3 is 2.44 bits per heavy atom. The molecule has 0 amide bonds. The fraction of sp³-hybridized carbons (Fsp3) is 0.500. The van der Waals surface area contributed by atoms with Crippen molar-refractivity contribution in [1.29, 1.82) is 0 Å².